The van der Waals surface area contributed by atoms with E-state index in [9.17, 15) is 14.4 Å². The van der Waals surface area contributed by atoms with E-state index in [4.69, 9.17) is 5.73 Å². The van der Waals surface area contributed by atoms with E-state index >= 15 is 0 Å². The third kappa shape index (κ3) is 4.20. The maximum atomic E-state index is 12.5. The van der Waals surface area contributed by atoms with Gasteiger partial charge in [0.2, 0.25) is 5.91 Å². The maximum Gasteiger partial charge on any atom is 0.316 e. The van der Waals surface area contributed by atoms with E-state index in [0.29, 0.717) is 30.1 Å². The summed E-state index contributed by atoms with van der Waals surface area (Å²) in [6.07, 6.45) is 1.49. The SMILES string of the molecule is NC(=O)Nc1ccc(CNC(=O)[C@@H]2CCCN2C(=O)c2cccs2)cc1. The zero-order valence-corrected chi connectivity index (χ0v) is 14.9. The highest BCUT2D eigenvalue weighted by atomic mass is 32.1. The predicted octanol–water partition coefficient (Wildman–Crippen LogP) is 2.16. The molecule has 1 aromatic carbocycles. The Labute approximate surface area is 155 Å². The van der Waals surface area contributed by atoms with Crippen molar-refractivity contribution >= 4 is 34.9 Å². The van der Waals surface area contributed by atoms with Gasteiger partial charge in [-0.05, 0) is 42.0 Å². The van der Waals surface area contributed by atoms with Crippen LogP contribution in [0.15, 0.2) is 41.8 Å². The predicted molar refractivity (Wildman–Crippen MR) is 99.9 cm³/mol. The number of nitrogens with zero attached hydrogens (tertiary/aromatic N) is 1. The smallest absolute Gasteiger partial charge is 0.316 e. The summed E-state index contributed by atoms with van der Waals surface area (Å²) in [5.74, 6) is -0.230. The Morgan fingerprint density at radius 3 is 2.62 bits per heavy atom. The second-order valence-electron chi connectivity index (χ2n) is 6.04. The molecule has 0 saturated carbocycles. The van der Waals surface area contributed by atoms with Gasteiger partial charge in [0.15, 0.2) is 0 Å². The highest BCUT2D eigenvalue weighted by Gasteiger charge is 2.34. The topological polar surface area (TPSA) is 105 Å². The number of carbonyl (C=O) groups excluding carboxylic acids is 3. The number of amides is 4. The Morgan fingerprint density at radius 2 is 1.96 bits per heavy atom. The lowest BCUT2D eigenvalue weighted by molar-refractivity contribution is -0.125. The van der Waals surface area contributed by atoms with Crippen LogP contribution in [0.5, 0.6) is 0 Å². The minimum absolute atomic E-state index is 0.0838. The number of likely N-dealkylation sites (tertiary alicyclic amines) is 1. The number of anilines is 1. The summed E-state index contributed by atoms with van der Waals surface area (Å²) in [5.41, 5.74) is 6.55. The quantitative estimate of drug-likeness (QED) is 0.749. The Bertz CT molecular complexity index is 789. The molecule has 0 spiro atoms. The number of hydrogen-bond donors (Lipinski definition) is 3. The zero-order chi connectivity index (χ0) is 18.5. The molecule has 0 aliphatic carbocycles. The molecule has 0 bridgehead atoms. The van der Waals surface area contributed by atoms with Gasteiger partial charge in [-0.25, -0.2) is 4.79 Å². The average Bonchev–Trinajstić information content (AvgIpc) is 3.31. The van der Waals surface area contributed by atoms with Gasteiger partial charge in [-0.1, -0.05) is 18.2 Å². The first kappa shape index (κ1) is 17.9. The van der Waals surface area contributed by atoms with Crippen molar-refractivity contribution in [1.29, 1.82) is 0 Å². The lowest BCUT2D eigenvalue weighted by atomic mass is 10.1. The van der Waals surface area contributed by atoms with Gasteiger partial charge in [0.1, 0.15) is 6.04 Å². The average molecular weight is 372 g/mol. The van der Waals surface area contributed by atoms with Gasteiger partial charge in [0.25, 0.3) is 5.91 Å². The Kier molecular flexibility index (Phi) is 5.52. The minimum Gasteiger partial charge on any atom is -0.351 e. The summed E-state index contributed by atoms with van der Waals surface area (Å²) in [6, 6.07) is 9.59. The number of urea groups is 1. The van der Waals surface area contributed by atoms with Crippen LogP contribution in [0, 0.1) is 0 Å². The molecule has 0 unspecified atom stereocenters. The van der Waals surface area contributed by atoms with Crippen molar-refractivity contribution < 1.29 is 14.4 Å². The molecule has 1 aliphatic heterocycles. The molecule has 4 amide bonds. The van der Waals surface area contributed by atoms with Gasteiger partial charge in [-0.2, -0.15) is 0 Å². The number of carbonyl (C=O) groups is 3. The van der Waals surface area contributed by atoms with Gasteiger partial charge >= 0.3 is 6.03 Å². The maximum absolute atomic E-state index is 12.5. The van der Waals surface area contributed by atoms with Gasteiger partial charge < -0.3 is 21.3 Å². The van der Waals surface area contributed by atoms with Crippen LogP contribution >= 0.6 is 11.3 Å². The summed E-state index contributed by atoms with van der Waals surface area (Å²) >= 11 is 1.39. The molecule has 2 aromatic rings. The molecule has 1 fully saturated rings. The molecule has 1 atom stereocenters. The Morgan fingerprint density at radius 1 is 1.19 bits per heavy atom. The van der Waals surface area contributed by atoms with E-state index in [1.54, 1.807) is 35.2 Å². The van der Waals surface area contributed by atoms with E-state index in [2.05, 4.69) is 10.6 Å². The van der Waals surface area contributed by atoms with Crippen LogP contribution in [0.4, 0.5) is 10.5 Å². The van der Waals surface area contributed by atoms with Crippen LogP contribution in [0.25, 0.3) is 0 Å². The first-order valence-electron chi connectivity index (χ1n) is 8.32. The molecule has 26 heavy (non-hydrogen) atoms. The zero-order valence-electron chi connectivity index (χ0n) is 14.1. The minimum atomic E-state index is -0.622. The highest BCUT2D eigenvalue weighted by molar-refractivity contribution is 7.12. The van der Waals surface area contributed by atoms with Gasteiger partial charge in [0, 0.05) is 18.8 Å². The van der Waals surface area contributed by atoms with Crippen molar-refractivity contribution in [2.24, 2.45) is 5.73 Å². The molecule has 8 heteroatoms. The largest absolute Gasteiger partial charge is 0.351 e. The van der Waals surface area contributed by atoms with Crippen molar-refractivity contribution in [2.45, 2.75) is 25.4 Å². The molecular formula is C18H20N4O3S. The third-order valence-electron chi connectivity index (χ3n) is 4.24. The van der Waals surface area contributed by atoms with Gasteiger partial charge in [-0.3, -0.25) is 9.59 Å². The standard InChI is InChI=1S/C18H20N4O3S/c19-18(25)21-13-7-5-12(6-8-13)11-20-16(23)14-3-1-9-22(14)17(24)15-4-2-10-26-15/h2,4-8,10,14H,1,3,9,11H2,(H,20,23)(H3,19,21,25)/t14-/m0/s1. The van der Waals surface area contributed by atoms with E-state index in [0.717, 1.165) is 12.0 Å². The third-order valence-corrected chi connectivity index (χ3v) is 5.09. The molecule has 4 N–H and O–H groups in total. The van der Waals surface area contributed by atoms with Gasteiger partial charge in [-0.15, -0.1) is 11.3 Å². The van der Waals surface area contributed by atoms with Crippen LogP contribution in [0.2, 0.25) is 0 Å². The number of benzene rings is 1. The number of primary amides is 1. The van der Waals surface area contributed by atoms with Crippen LogP contribution < -0.4 is 16.4 Å². The van der Waals surface area contributed by atoms with E-state index in [-0.39, 0.29) is 11.8 Å². The Hall–Kier alpha value is -2.87. The lowest BCUT2D eigenvalue weighted by Gasteiger charge is -2.23. The van der Waals surface area contributed by atoms with E-state index < -0.39 is 12.1 Å². The van der Waals surface area contributed by atoms with Crippen LogP contribution in [0.3, 0.4) is 0 Å². The highest BCUT2D eigenvalue weighted by Crippen LogP contribution is 2.22. The van der Waals surface area contributed by atoms with Crippen molar-refractivity contribution in [2.75, 3.05) is 11.9 Å². The van der Waals surface area contributed by atoms with Crippen molar-refractivity contribution in [3.05, 3.63) is 52.2 Å². The molecule has 2 heterocycles. The summed E-state index contributed by atoms with van der Waals surface area (Å²) in [6.45, 7) is 0.954. The van der Waals surface area contributed by atoms with E-state index in [1.165, 1.54) is 11.3 Å². The normalized spacial score (nSPS) is 16.3. The summed E-state index contributed by atoms with van der Waals surface area (Å²) in [5, 5.41) is 7.23. The fraction of sp³-hybridized carbons (Fsp3) is 0.278. The number of nitrogens with two attached hydrogens (primary N) is 1. The number of nitrogens with one attached hydrogen (secondary N) is 2. The molecule has 1 aliphatic rings. The fourth-order valence-electron chi connectivity index (χ4n) is 2.98. The molecule has 1 aromatic heterocycles. The summed E-state index contributed by atoms with van der Waals surface area (Å²) < 4.78 is 0. The van der Waals surface area contributed by atoms with Crippen molar-refractivity contribution in [1.82, 2.24) is 10.2 Å². The fourth-order valence-corrected chi connectivity index (χ4v) is 3.66. The second-order valence-corrected chi connectivity index (χ2v) is 6.99. The Balaban J connectivity index is 1.57. The molecule has 3 rings (SSSR count). The van der Waals surface area contributed by atoms with Crippen molar-refractivity contribution in [3.63, 3.8) is 0 Å². The molecular weight excluding hydrogens is 352 g/mol. The molecule has 7 nitrogen and oxygen atoms in total. The summed E-state index contributed by atoms with van der Waals surface area (Å²) in [7, 11) is 0. The number of thiophene rings is 1. The van der Waals surface area contributed by atoms with Crippen LogP contribution in [-0.4, -0.2) is 35.3 Å². The number of rotatable bonds is 5. The molecule has 0 radical (unpaired) electrons. The first-order chi connectivity index (χ1) is 12.5. The van der Waals surface area contributed by atoms with Crippen LogP contribution in [0.1, 0.15) is 28.1 Å². The monoisotopic (exact) mass is 372 g/mol. The van der Waals surface area contributed by atoms with Gasteiger partial charge in [0.05, 0.1) is 4.88 Å². The first-order valence-corrected chi connectivity index (χ1v) is 9.20. The summed E-state index contributed by atoms with van der Waals surface area (Å²) in [4.78, 5) is 38.2. The lowest BCUT2D eigenvalue weighted by Crippen LogP contribution is -2.45. The second kappa shape index (κ2) is 8.01. The van der Waals surface area contributed by atoms with Crippen molar-refractivity contribution in [3.8, 4) is 0 Å². The van der Waals surface area contributed by atoms with E-state index in [1.807, 2.05) is 11.4 Å². The molecule has 136 valence electrons. The molecule has 1 saturated heterocycles. The van der Waals surface area contributed by atoms with Crippen LogP contribution in [-0.2, 0) is 11.3 Å². The number of hydrogen-bond acceptors (Lipinski definition) is 4.